The zero-order valence-corrected chi connectivity index (χ0v) is 6.11. The predicted octanol–water partition coefficient (Wildman–Crippen LogP) is 1.35. The molecule has 0 amide bonds. The van der Waals surface area contributed by atoms with Gasteiger partial charge in [-0.15, -0.1) is 0 Å². The Morgan fingerprint density at radius 1 is 1.89 bits per heavy atom. The smallest absolute Gasteiger partial charge is 0.194 e. The summed E-state index contributed by atoms with van der Waals surface area (Å²) in [6.45, 7) is 3.06. The Morgan fingerprint density at radius 3 is 3.11 bits per heavy atom. The average molecular weight is 143 g/mol. The third kappa shape index (κ3) is 1.38. The number of nitrogens with one attached hydrogen (secondary N) is 1. The van der Waals surface area contributed by atoms with Gasteiger partial charge in [-0.1, -0.05) is 6.92 Å². The average Bonchev–Trinajstić information content (AvgIpc) is 2.18. The van der Waals surface area contributed by atoms with E-state index in [9.17, 15) is 0 Å². The molecule has 0 aliphatic heterocycles. The topological polar surface area (TPSA) is 33.6 Å². The van der Waals surface area contributed by atoms with E-state index in [2.05, 4.69) is 17.1 Å². The van der Waals surface area contributed by atoms with Gasteiger partial charge in [-0.05, 0) is 18.6 Å². The first-order valence-electron chi connectivity index (χ1n) is 2.94. The predicted molar refractivity (Wildman–Crippen MR) is 37.7 cm³/mol. The quantitative estimate of drug-likeness (QED) is 0.634. The maximum Gasteiger partial charge on any atom is 0.194 e. The van der Waals surface area contributed by atoms with E-state index in [1.807, 2.05) is 4.57 Å². The SMILES string of the molecule is CCCn1cn[nH]c1=S. The van der Waals surface area contributed by atoms with Crippen molar-refractivity contribution in [1.82, 2.24) is 14.8 Å². The van der Waals surface area contributed by atoms with Crippen LogP contribution >= 0.6 is 12.2 Å². The van der Waals surface area contributed by atoms with Crippen molar-refractivity contribution in [2.45, 2.75) is 19.9 Å². The van der Waals surface area contributed by atoms with Crippen molar-refractivity contribution in [2.24, 2.45) is 0 Å². The van der Waals surface area contributed by atoms with Crippen molar-refractivity contribution in [2.75, 3.05) is 0 Å². The molecule has 0 fully saturated rings. The number of aromatic nitrogens is 3. The van der Waals surface area contributed by atoms with Gasteiger partial charge in [-0.25, -0.2) is 0 Å². The molecule has 1 aromatic heterocycles. The highest BCUT2D eigenvalue weighted by Gasteiger charge is 1.87. The molecule has 1 rings (SSSR count). The molecular formula is C5H9N3S. The molecule has 0 saturated heterocycles. The Kier molecular flexibility index (Phi) is 2.00. The number of hydrogen-bond donors (Lipinski definition) is 1. The van der Waals surface area contributed by atoms with Gasteiger partial charge in [0.25, 0.3) is 0 Å². The van der Waals surface area contributed by atoms with Crippen LogP contribution in [-0.2, 0) is 6.54 Å². The first-order valence-corrected chi connectivity index (χ1v) is 3.35. The Morgan fingerprint density at radius 2 is 2.67 bits per heavy atom. The molecular weight excluding hydrogens is 134 g/mol. The highest BCUT2D eigenvalue weighted by molar-refractivity contribution is 7.71. The molecule has 1 N–H and O–H groups in total. The van der Waals surface area contributed by atoms with Gasteiger partial charge in [0, 0.05) is 6.54 Å². The summed E-state index contributed by atoms with van der Waals surface area (Å²) in [4.78, 5) is 0. The van der Waals surface area contributed by atoms with E-state index in [1.54, 1.807) is 6.33 Å². The lowest BCUT2D eigenvalue weighted by molar-refractivity contribution is 0.668. The van der Waals surface area contributed by atoms with Crippen LogP contribution in [0.15, 0.2) is 6.33 Å². The molecule has 1 heterocycles. The largest absolute Gasteiger partial charge is 0.307 e. The van der Waals surface area contributed by atoms with Crippen molar-refractivity contribution in [3.05, 3.63) is 11.1 Å². The number of hydrogen-bond acceptors (Lipinski definition) is 2. The van der Waals surface area contributed by atoms with Crippen molar-refractivity contribution in [3.8, 4) is 0 Å². The Bertz CT molecular complexity index is 224. The van der Waals surface area contributed by atoms with Crippen LogP contribution in [0.5, 0.6) is 0 Å². The maximum atomic E-state index is 4.90. The minimum atomic E-state index is 0.705. The van der Waals surface area contributed by atoms with E-state index in [0.29, 0.717) is 4.77 Å². The summed E-state index contributed by atoms with van der Waals surface area (Å²) in [7, 11) is 0. The van der Waals surface area contributed by atoms with Gasteiger partial charge < -0.3 is 4.57 Å². The molecule has 4 heteroatoms. The molecule has 0 saturated carbocycles. The van der Waals surface area contributed by atoms with E-state index in [1.165, 1.54) is 0 Å². The van der Waals surface area contributed by atoms with Gasteiger partial charge >= 0.3 is 0 Å². The summed E-state index contributed by atoms with van der Waals surface area (Å²) in [5, 5.41) is 6.46. The summed E-state index contributed by atoms with van der Waals surface area (Å²) in [5.74, 6) is 0. The number of rotatable bonds is 2. The van der Waals surface area contributed by atoms with Crippen LogP contribution in [0.25, 0.3) is 0 Å². The van der Waals surface area contributed by atoms with Crippen LogP contribution in [-0.4, -0.2) is 14.8 Å². The molecule has 1 aromatic rings. The van der Waals surface area contributed by atoms with Gasteiger partial charge in [0.1, 0.15) is 6.33 Å². The van der Waals surface area contributed by atoms with Gasteiger partial charge in [-0.2, -0.15) is 5.10 Å². The Labute approximate surface area is 58.7 Å². The van der Waals surface area contributed by atoms with Crippen LogP contribution in [0, 0.1) is 4.77 Å². The van der Waals surface area contributed by atoms with Crippen molar-refractivity contribution in [3.63, 3.8) is 0 Å². The molecule has 3 nitrogen and oxygen atoms in total. The summed E-state index contributed by atoms with van der Waals surface area (Å²) in [6, 6.07) is 0. The second-order valence-electron chi connectivity index (χ2n) is 1.85. The molecule has 0 unspecified atom stereocenters. The number of aromatic amines is 1. The van der Waals surface area contributed by atoms with Crippen LogP contribution in [0.1, 0.15) is 13.3 Å². The highest BCUT2D eigenvalue weighted by atomic mass is 32.1. The summed E-state index contributed by atoms with van der Waals surface area (Å²) in [5.41, 5.74) is 0. The van der Waals surface area contributed by atoms with Gasteiger partial charge in [0.15, 0.2) is 4.77 Å². The van der Waals surface area contributed by atoms with Gasteiger partial charge in [0.2, 0.25) is 0 Å². The lowest BCUT2D eigenvalue weighted by Crippen LogP contribution is -1.93. The molecule has 0 aliphatic rings. The molecule has 0 aliphatic carbocycles. The third-order valence-electron chi connectivity index (χ3n) is 1.08. The van der Waals surface area contributed by atoms with E-state index < -0.39 is 0 Å². The molecule has 9 heavy (non-hydrogen) atoms. The summed E-state index contributed by atoms with van der Waals surface area (Å²) in [6.07, 6.45) is 2.81. The minimum Gasteiger partial charge on any atom is -0.307 e. The van der Waals surface area contributed by atoms with Crippen molar-refractivity contribution < 1.29 is 0 Å². The van der Waals surface area contributed by atoms with Crippen LogP contribution in [0.4, 0.5) is 0 Å². The zero-order chi connectivity index (χ0) is 6.69. The molecule has 0 bridgehead atoms. The molecule has 0 radical (unpaired) electrons. The molecule has 0 atom stereocenters. The Balaban J connectivity index is 2.81. The first kappa shape index (κ1) is 6.48. The summed E-state index contributed by atoms with van der Waals surface area (Å²) >= 11 is 4.90. The first-order chi connectivity index (χ1) is 4.34. The molecule has 0 spiro atoms. The van der Waals surface area contributed by atoms with E-state index >= 15 is 0 Å². The van der Waals surface area contributed by atoms with Gasteiger partial charge in [0.05, 0.1) is 0 Å². The van der Waals surface area contributed by atoms with Crippen LogP contribution in [0.2, 0.25) is 0 Å². The fourth-order valence-corrected chi connectivity index (χ4v) is 0.862. The van der Waals surface area contributed by atoms with Gasteiger partial charge in [-0.3, -0.25) is 5.10 Å². The summed E-state index contributed by atoms with van der Waals surface area (Å²) < 4.78 is 2.62. The van der Waals surface area contributed by atoms with Crippen molar-refractivity contribution in [1.29, 1.82) is 0 Å². The number of aryl methyl sites for hydroxylation is 1. The number of H-pyrrole nitrogens is 1. The standard InChI is InChI=1S/C5H9N3S/c1-2-3-8-4-6-7-5(8)9/h4H,2-3H2,1H3,(H,7,9). The third-order valence-corrected chi connectivity index (χ3v) is 1.41. The maximum absolute atomic E-state index is 4.90. The molecule has 0 aromatic carbocycles. The van der Waals surface area contributed by atoms with E-state index in [-0.39, 0.29) is 0 Å². The fraction of sp³-hybridized carbons (Fsp3) is 0.600. The van der Waals surface area contributed by atoms with E-state index in [0.717, 1.165) is 13.0 Å². The van der Waals surface area contributed by atoms with Crippen molar-refractivity contribution >= 4 is 12.2 Å². The van der Waals surface area contributed by atoms with Crippen LogP contribution in [0.3, 0.4) is 0 Å². The van der Waals surface area contributed by atoms with E-state index in [4.69, 9.17) is 12.2 Å². The minimum absolute atomic E-state index is 0.705. The Hall–Kier alpha value is -0.640. The van der Waals surface area contributed by atoms with Crippen LogP contribution < -0.4 is 0 Å². The lowest BCUT2D eigenvalue weighted by atomic mass is 10.5. The molecule has 50 valence electrons. The zero-order valence-electron chi connectivity index (χ0n) is 5.29. The second-order valence-corrected chi connectivity index (χ2v) is 2.24. The number of nitrogens with zero attached hydrogens (tertiary/aromatic N) is 2. The second kappa shape index (κ2) is 2.77. The monoisotopic (exact) mass is 143 g/mol. The normalized spacial score (nSPS) is 9.89. The lowest BCUT2D eigenvalue weighted by Gasteiger charge is -1.93. The highest BCUT2D eigenvalue weighted by Crippen LogP contribution is 1.88. The fourth-order valence-electron chi connectivity index (χ4n) is 0.671.